The van der Waals surface area contributed by atoms with Gasteiger partial charge in [-0.3, -0.25) is 9.69 Å². The summed E-state index contributed by atoms with van der Waals surface area (Å²) in [5.41, 5.74) is 2.29. The van der Waals surface area contributed by atoms with Crippen LogP contribution in [-0.4, -0.2) is 83.2 Å². The minimum atomic E-state index is -0.656. The van der Waals surface area contributed by atoms with Crippen LogP contribution in [0.5, 0.6) is 0 Å². The highest BCUT2D eigenvalue weighted by Gasteiger charge is 2.43. The van der Waals surface area contributed by atoms with Crippen molar-refractivity contribution in [2.75, 3.05) is 39.3 Å². The lowest BCUT2D eigenvalue weighted by molar-refractivity contribution is -0.145. The van der Waals surface area contributed by atoms with Gasteiger partial charge >= 0.3 is 12.1 Å². The zero-order chi connectivity index (χ0) is 29.3. The highest BCUT2D eigenvalue weighted by molar-refractivity contribution is 5.74. The molecule has 1 N–H and O–H groups in total. The number of amides is 1. The molecular formula is C35H47N3O4. The second-order valence-corrected chi connectivity index (χ2v) is 12.4. The summed E-state index contributed by atoms with van der Waals surface area (Å²) in [6.45, 7) is 9.01. The van der Waals surface area contributed by atoms with Crippen molar-refractivity contribution in [1.29, 1.82) is 0 Å². The van der Waals surface area contributed by atoms with E-state index in [9.17, 15) is 14.7 Å². The molecule has 3 atom stereocenters. The van der Waals surface area contributed by atoms with E-state index < -0.39 is 5.97 Å². The first kappa shape index (κ1) is 30.3. The number of nitrogens with zero attached hydrogens (tertiary/aromatic N) is 3. The monoisotopic (exact) mass is 573 g/mol. The molecule has 3 unspecified atom stereocenters. The van der Waals surface area contributed by atoms with Crippen LogP contribution in [0.2, 0.25) is 0 Å². The fourth-order valence-corrected chi connectivity index (χ4v) is 7.56. The molecule has 0 aromatic heterocycles. The molecule has 2 aromatic rings. The zero-order valence-corrected chi connectivity index (χ0v) is 24.9. The van der Waals surface area contributed by atoms with Gasteiger partial charge in [-0.2, -0.15) is 0 Å². The Labute approximate surface area is 251 Å². The normalized spacial score (nSPS) is 23.3. The molecule has 2 heterocycles. The first-order valence-corrected chi connectivity index (χ1v) is 15.9. The maximum absolute atomic E-state index is 13.0. The Hall–Kier alpha value is -3.16. The van der Waals surface area contributed by atoms with Crippen LogP contribution in [0.25, 0.3) is 0 Å². The van der Waals surface area contributed by atoms with Crippen molar-refractivity contribution in [2.45, 2.75) is 69.6 Å². The highest BCUT2D eigenvalue weighted by atomic mass is 16.6. The molecule has 7 nitrogen and oxygen atoms in total. The Morgan fingerprint density at radius 2 is 1.62 bits per heavy atom. The van der Waals surface area contributed by atoms with Crippen molar-refractivity contribution in [3.8, 4) is 0 Å². The quantitative estimate of drug-likeness (QED) is 0.331. The van der Waals surface area contributed by atoms with Gasteiger partial charge in [0.25, 0.3) is 0 Å². The van der Waals surface area contributed by atoms with Gasteiger partial charge in [-0.1, -0.05) is 86.0 Å². The first-order valence-electron chi connectivity index (χ1n) is 15.9. The minimum absolute atomic E-state index is 0.121. The van der Waals surface area contributed by atoms with Crippen LogP contribution in [0.4, 0.5) is 4.79 Å². The summed E-state index contributed by atoms with van der Waals surface area (Å²) >= 11 is 0. The van der Waals surface area contributed by atoms with Gasteiger partial charge in [-0.05, 0) is 48.6 Å². The Bertz CT molecular complexity index is 1150. The van der Waals surface area contributed by atoms with Crippen molar-refractivity contribution in [2.24, 2.45) is 11.8 Å². The van der Waals surface area contributed by atoms with Gasteiger partial charge in [0.15, 0.2) is 0 Å². The Balaban J connectivity index is 1.21. The third-order valence-electron chi connectivity index (χ3n) is 9.70. The number of benzene rings is 2. The van der Waals surface area contributed by atoms with Crippen molar-refractivity contribution in [3.05, 3.63) is 84.4 Å². The number of aliphatic carboxylic acids is 1. The first-order chi connectivity index (χ1) is 20.5. The predicted molar refractivity (Wildman–Crippen MR) is 165 cm³/mol. The molecule has 5 rings (SSSR count). The zero-order valence-electron chi connectivity index (χ0n) is 24.9. The average molecular weight is 574 g/mol. The smallest absolute Gasteiger partial charge is 0.410 e. The van der Waals surface area contributed by atoms with Gasteiger partial charge < -0.3 is 19.6 Å². The number of hydrogen-bond donors (Lipinski definition) is 1. The molecule has 0 radical (unpaired) electrons. The number of carboxylic acids is 1. The van der Waals surface area contributed by atoms with E-state index in [0.717, 1.165) is 76.8 Å². The third kappa shape index (κ3) is 7.61. The summed E-state index contributed by atoms with van der Waals surface area (Å²) in [5.74, 6) is 0.283. The van der Waals surface area contributed by atoms with E-state index in [1.807, 2.05) is 35.2 Å². The number of carbonyl (C=O) groups excluding carboxylic acids is 1. The minimum Gasteiger partial charge on any atom is -0.480 e. The maximum atomic E-state index is 13.0. The highest BCUT2D eigenvalue weighted by Crippen LogP contribution is 2.38. The van der Waals surface area contributed by atoms with E-state index in [1.165, 1.54) is 12.0 Å². The number of carboxylic acid groups (broad SMARTS) is 1. The van der Waals surface area contributed by atoms with Gasteiger partial charge in [-0.25, -0.2) is 4.79 Å². The van der Waals surface area contributed by atoms with Gasteiger partial charge in [0.1, 0.15) is 12.6 Å². The number of rotatable bonds is 11. The van der Waals surface area contributed by atoms with E-state index in [0.29, 0.717) is 18.4 Å². The topological polar surface area (TPSA) is 73.3 Å². The van der Waals surface area contributed by atoms with E-state index in [-0.39, 0.29) is 30.7 Å². The molecule has 2 saturated heterocycles. The van der Waals surface area contributed by atoms with Crippen molar-refractivity contribution in [1.82, 2.24) is 14.7 Å². The summed E-state index contributed by atoms with van der Waals surface area (Å²) in [6.07, 6.45) is 8.84. The summed E-state index contributed by atoms with van der Waals surface area (Å²) in [4.78, 5) is 32.3. The average Bonchev–Trinajstić information content (AvgIpc) is 3.43. The fourth-order valence-electron chi connectivity index (χ4n) is 7.56. The molecule has 3 aliphatic rings. The van der Waals surface area contributed by atoms with Crippen molar-refractivity contribution < 1.29 is 19.4 Å². The predicted octanol–water partition coefficient (Wildman–Crippen LogP) is 6.02. The summed E-state index contributed by atoms with van der Waals surface area (Å²) in [5, 5.41) is 10.3. The van der Waals surface area contributed by atoms with Gasteiger partial charge in [-0.15, -0.1) is 6.58 Å². The van der Waals surface area contributed by atoms with Gasteiger partial charge in [0.2, 0.25) is 0 Å². The molecule has 7 heteroatoms. The van der Waals surface area contributed by atoms with E-state index in [2.05, 4.69) is 46.7 Å². The number of ether oxygens (including phenoxy) is 1. The molecule has 226 valence electrons. The molecule has 3 fully saturated rings. The SMILES string of the molecule is C=CCN(C(=O)OCc1ccccc1)C1CCN(CC2CN(C(C(=O)O)C3CCCCC3)CC2c2ccccc2)CC1. The molecule has 1 saturated carbocycles. The lowest BCUT2D eigenvalue weighted by Crippen LogP contribution is -2.49. The summed E-state index contributed by atoms with van der Waals surface area (Å²) < 4.78 is 5.67. The van der Waals surface area contributed by atoms with E-state index in [4.69, 9.17) is 4.74 Å². The molecule has 2 aromatic carbocycles. The molecule has 42 heavy (non-hydrogen) atoms. The largest absolute Gasteiger partial charge is 0.480 e. The molecule has 0 bridgehead atoms. The molecular weight excluding hydrogens is 526 g/mol. The van der Waals surface area contributed by atoms with Crippen molar-refractivity contribution in [3.63, 3.8) is 0 Å². The van der Waals surface area contributed by atoms with Gasteiger partial charge in [0, 0.05) is 51.2 Å². The number of likely N-dealkylation sites (tertiary alicyclic amines) is 2. The summed E-state index contributed by atoms with van der Waals surface area (Å²) in [7, 11) is 0. The van der Waals surface area contributed by atoms with Gasteiger partial charge in [0.05, 0.1) is 0 Å². The number of piperidine rings is 1. The van der Waals surface area contributed by atoms with Crippen LogP contribution in [0.15, 0.2) is 73.3 Å². The Kier molecular flexibility index (Phi) is 10.7. The van der Waals surface area contributed by atoms with Crippen LogP contribution in [-0.2, 0) is 16.1 Å². The maximum Gasteiger partial charge on any atom is 0.410 e. The Morgan fingerprint density at radius 3 is 2.26 bits per heavy atom. The molecule has 2 aliphatic heterocycles. The lowest BCUT2D eigenvalue weighted by Gasteiger charge is -2.39. The standard InChI is InChI=1S/C35H47N3O4/c1-2-20-38(35(41)42-26-27-12-6-3-7-13-27)31-18-21-36(22-19-31)23-30-24-37(25-32(30)28-14-8-4-9-15-28)33(34(39)40)29-16-10-5-11-17-29/h2-4,6-9,12-15,29-33H,1,5,10-11,16-26H2,(H,39,40). The van der Waals surface area contributed by atoms with Crippen molar-refractivity contribution >= 4 is 12.1 Å². The summed E-state index contributed by atoms with van der Waals surface area (Å²) in [6, 6.07) is 20.2. The van der Waals surface area contributed by atoms with E-state index >= 15 is 0 Å². The molecule has 0 spiro atoms. The van der Waals surface area contributed by atoms with Crippen LogP contribution in [0.1, 0.15) is 62.0 Å². The van der Waals surface area contributed by atoms with Crippen LogP contribution in [0, 0.1) is 11.8 Å². The molecule has 1 aliphatic carbocycles. The van der Waals surface area contributed by atoms with Crippen LogP contribution >= 0.6 is 0 Å². The number of carbonyl (C=O) groups is 2. The molecule has 1 amide bonds. The third-order valence-corrected chi connectivity index (χ3v) is 9.70. The Morgan fingerprint density at radius 1 is 0.952 bits per heavy atom. The second kappa shape index (κ2) is 14.8. The van der Waals surface area contributed by atoms with E-state index in [1.54, 1.807) is 6.08 Å². The lowest BCUT2D eigenvalue weighted by atomic mass is 9.83. The second-order valence-electron chi connectivity index (χ2n) is 12.4. The fraction of sp³-hybridized carbons (Fsp3) is 0.543. The van der Waals surface area contributed by atoms with Crippen LogP contribution < -0.4 is 0 Å². The van der Waals surface area contributed by atoms with Crippen LogP contribution in [0.3, 0.4) is 0 Å². The number of hydrogen-bond acceptors (Lipinski definition) is 5.